The lowest BCUT2D eigenvalue weighted by Crippen LogP contribution is -2.49. The Bertz CT molecular complexity index is 1140. The fraction of sp³-hybridized carbons (Fsp3) is 0.536. The predicted octanol–water partition coefficient (Wildman–Crippen LogP) is 5.76. The van der Waals surface area contributed by atoms with E-state index in [0.29, 0.717) is 19.3 Å². The average molecular weight is 434 g/mol. The second kappa shape index (κ2) is 6.98. The van der Waals surface area contributed by atoms with Crippen molar-refractivity contribution in [2.75, 3.05) is 0 Å². The first-order valence-corrected chi connectivity index (χ1v) is 12.2. The molecule has 32 heavy (non-hydrogen) atoms. The van der Waals surface area contributed by atoms with Crippen LogP contribution in [-0.2, 0) is 0 Å². The number of aromatic nitrogens is 1. The first kappa shape index (κ1) is 20.6. The molecule has 4 heteroatoms. The van der Waals surface area contributed by atoms with Gasteiger partial charge in [-0.15, -0.1) is 0 Å². The highest BCUT2D eigenvalue weighted by Crippen LogP contribution is 2.63. The SMILES string of the molecule is CC12CC=C3CC4(F)CC(O)CCC4CC[C@]3(O)C1CC=C2c1cccc2ncccc12. The zero-order chi connectivity index (χ0) is 22.1. The Kier molecular flexibility index (Phi) is 4.48. The summed E-state index contributed by atoms with van der Waals surface area (Å²) in [7, 11) is 0. The second-order valence-corrected chi connectivity index (χ2v) is 10.9. The van der Waals surface area contributed by atoms with Crippen LogP contribution < -0.4 is 0 Å². The lowest BCUT2D eigenvalue weighted by molar-refractivity contribution is -0.0359. The molecule has 4 aliphatic rings. The quantitative estimate of drug-likeness (QED) is 0.562. The van der Waals surface area contributed by atoms with Crippen LogP contribution in [0.5, 0.6) is 0 Å². The summed E-state index contributed by atoms with van der Waals surface area (Å²) in [5, 5.41) is 23.5. The van der Waals surface area contributed by atoms with E-state index in [2.05, 4.69) is 42.3 Å². The summed E-state index contributed by atoms with van der Waals surface area (Å²) in [6.45, 7) is 2.28. The van der Waals surface area contributed by atoms with E-state index in [-0.39, 0.29) is 30.1 Å². The molecular weight excluding hydrogens is 401 g/mol. The number of benzene rings is 1. The molecule has 0 amide bonds. The Morgan fingerprint density at radius 2 is 1.97 bits per heavy atom. The number of aliphatic hydroxyl groups excluding tert-OH is 1. The van der Waals surface area contributed by atoms with Crippen molar-refractivity contribution in [2.24, 2.45) is 17.3 Å². The van der Waals surface area contributed by atoms with Gasteiger partial charge in [0.15, 0.2) is 0 Å². The van der Waals surface area contributed by atoms with Gasteiger partial charge in [-0.05, 0) is 73.3 Å². The van der Waals surface area contributed by atoms with Crippen molar-refractivity contribution >= 4 is 16.5 Å². The van der Waals surface area contributed by atoms with Crippen molar-refractivity contribution in [2.45, 2.75) is 75.7 Å². The molecule has 1 heterocycles. The highest BCUT2D eigenvalue weighted by molar-refractivity contribution is 5.93. The molecule has 0 bridgehead atoms. The minimum Gasteiger partial charge on any atom is -0.393 e. The summed E-state index contributed by atoms with van der Waals surface area (Å²) in [5.41, 5.74) is 1.80. The summed E-state index contributed by atoms with van der Waals surface area (Å²) in [5.74, 6) is -0.0174. The molecule has 1 aromatic carbocycles. The molecule has 3 nitrogen and oxygen atoms in total. The summed E-state index contributed by atoms with van der Waals surface area (Å²) < 4.78 is 16.1. The lowest BCUT2D eigenvalue weighted by Gasteiger charge is -2.49. The van der Waals surface area contributed by atoms with E-state index in [0.717, 1.165) is 35.7 Å². The third kappa shape index (κ3) is 2.82. The third-order valence-corrected chi connectivity index (χ3v) is 9.30. The number of nitrogens with zero attached hydrogens (tertiary/aromatic N) is 1. The summed E-state index contributed by atoms with van der Waals surface area (Å²) >= 11 is 0. The summed E-state index contributed by atoms with van der Waals surface area (Å²) in [4.78, 5) is 4.54. The van der Waals surface area contributed by atoms with Crippen LogP contribution in [0.3, 0.4) is 0 Å². The first-order valence-electron chi connectivity index (χ1n) is 12.2. The van der Waals surface area contributed by atoms with Gasteiger partial charge in [0.25, 0.3) is 0 Å². The Labute approximate surface area is 189 Å². The van der Waals surface area contributed by atoms with Crippen molar-refractivity contribution in [1.82, 2.24) is 4.98 Å². The monoisotopic (exact) mass is 433 g/mol. The molecule has 2 aromatic rings. The van der Waals surface area contributed by atoms with Gasteiger partial charge in [0.05, 0.1) is 17.2 Å². The second-order valence-electron chi connectivity index (χ2n) is 10.9. The van der Waals surface area contributed by atoms with Crippen LogP contribution in [0.2, 0.25) is 0 Å². The van der Waals surface area contributed by atoms with Crippen LogP contribution in [0.1, 0.15) is 63.9 Å². The van der Waals surface area contributed by atoms with E-state index in [4.69, 9.17) is 0 Å². The number of halogens is 1. The molecule has 2 N–H and O–H groups in total. The van der Waals surface area contributed by atoms with Gasteiger partial charge < -0.3 is 10.2 Å². The maximum atomic E-state index is 16.1. The number of aliphatic hydroxyl groups is 2. The molecule has 0 spiro atoms. The summed E-state index contributed by atoms with van der Waals surface area (Å²) in [6.07, 6.45) is 10.5. The number of fused-ring (bicyclic) bond motifs is 5. The molecule has 5 unspecified atom stereocenters. The molecule has 6 atom stereocenters. The molecule has 4 aliphatic carbocycles. The van der Waals surface area contributed by atoms with Crippen LogP contribution in [0.25, 0.3) is 16.5 Å². The molecule has 6 rings (SSSR count). The van der Waals surface area contributed by atoms with Crippen LogP contribution >= 0.6 is 0 Å². The van der Waals surface area contributed by atoms with Crippen molar-refractivity contribution in [3.8, 4) is 0 Å². The van der Waals surface area contributed by atoms with Crippen LogP contribution in [0.4, 0.5) is 4.39 Å². The molecule has 2 saturated carbocycles. The molecular formula is C28H32FNO2. The van der Waals surface area contributed by atoms with Gasteiger partial charge in [-0.2, -0.15) is 0 Å². The standard InChI is InChI=1S/C28H32FNO2/c1-26-13-11-19-16-27(29)17-20(31)8-7-18(27)12-14-28(19,32)25(26)10-9-23(26)21-4-2-6-24-22(21)5-3-15-30-24/h2-6,9,11,15,18,20,25,31-32H,7-8,10,12-14,16-17H2,1H3/t18?,20?,25?,26?,27?,28-/m1/s1. The lowest BCUT2D eigenvalue weighted by atomic mass is 9.58. The average Bonchev–Trinajstić information content (AvgIpc) is 3.07. The van der Waals surface area contributed by atoms with Gasteiger partial charge in [-0.3, -0.25) is 4.98 Å². The number of alkyl halides is 1. The van der Waals surface area contributed by atoms with Crippen LogP contribution in [-0.4, -0.2) is 32.6 Å². The zero-order valence-corrected chi connectivity index (χ0v) is 18.7. The third-order valence-electron chi connectivity index (χ3n) is 9.30. The molecule has 0 radical (unpaired) electrons. The molecule has 168 valence electrons. The van der Waals surface area contributed by atoms with Gasteiger partial charge in [0.2, 0.25) is 0 Å². The Hall–Kier alpha value is -2.04. The largest absolute Gasteiger partial charge is 0.393 e. The number of rotatable bonds is 1. The van der Waals surface area contributed by atoms with E-state index in [1.807, 2.05) is 18.3 Å². The van der Waals surface area contributed by atoms with E-state index >= 15 is 4.39 Å². The van der Waals surface area contributed by atoms with Crippen LogP contribution in [0, 0.1) is 17.3 Å². The summed E-state index contributed by atoms with van der Waals surface area (Å²) in [6, 6.07) is 10.4. The van der Waals surface area contributed by atoms with E-state index in [1.165, 1.54) is 11.1 Å². The van der Waals surface area contributed by atoms with Gasteiger partial charge in [-0.25, -0.2) is 4.39 Å². The highest BCUT2D eigenvalue weighted by atomic mass is 19.1. The fourth-order valence-electron chi connectivity index (χ4n) is 7.59. The van der Waals surface area contributed by atoms with Gasteiger partial charge in [0.1, 0.15) is 5.67 Å². The van der Waals surface area contributed by atoms with Crippen LogP contribution in [0.15, 0.2) is 54.3 Å². The molecule has 0 aliphatic heterocycles. The van der Waals surface area contributed by atoms with Crippen molar-refractivity contribution in [3.63, 3.8) is 0 Å². The minimum atomic E-state index is -1.39. The predicted molar refractivity (Wildman–Crippen MR) is 125 cm³/mol. The van der Waals surface area contributed by atoms with E-state index in [9.17, 15) is 10.2 Å². The van der Waals surface area contributed by atoms with E-state index < -0.39 is 17.4 Å². The van der Waals surface area contributed by atoms with Crippen molar-refractivity contribution < 1.29 is 14.6 Å². The van der Waals surface area contributed by atoms with Gasteiger partial charge >= 0.3 is 0 Å². The number of allylic oxidation sites excluding steroid dienone is 3. The number of pyridine rings is 1. The normalized spacial score (nSPS) is 41.2. The van der Waals surface area contributed by atoms with Gasteiger partial charge in [0, 0.05) is 35.8 Å². The Morgan fingerprint density at radius 1 is 1.09 bits per heavy atom. The fourth-order valence-corrected chi connectivity index (χ4v) is 7.59. The topological polar surface area (TPSA) is 53.4 Å². The Balaban J connectivity index is 1.40. The van der Waals surface area contributed by atoms with Gasteiger partial charge in [-0.1, -0.05) is 37.3 Å². The number of hydrogen-bond donors (Lipinski definition) is 2. The zero-order valence-electron chi connectivity index (χ0n) is 18.7. The molecule has 2 fully saturated rings. The molecule has 0 saturated heterocycles. The number of hydrogen-bond acceptors (Lipinski definition) is 3. The maximum absolute atomic E-state index is 16.1. The van der Waals surface area contributed by atoms with E-state index in [1.54, 1.807) is 0 Å². The Morgan fingerprint density at radius 3 is 2.84 bits per heavy atom. The maximum Gasteiger partial charge on any atom is 0.120 e. The first-order chi connectivity index (χ1) is 15.3. The molecule has 1 aromatic heterocycles. The van der Waals surface area contributed by atoms with Crippen molar-refractivity contribution in [1.29, 1.82) is 0 Å². The van der Waals surface area contributed by atoms with Crippen molar-refractivity contribution in [3.05, 3.63) is 59.8 Å². The minimum absolute atomic E-state index is 0.0469. The smallest absolute Gasteiger partial charge is 0.120 e. The highest BCUT2D eigenvalue weighted by Gasteiger charge is 2.59.